The molecule has 0 N–H and O–H groups in total. The van der Waals surface area contributed by atoms with Crippen molar-refractivity contribution >= 4 is 28.6 Å². The maximum atomic E-state index is 11.6. The number of hydrogen-bond donors (Lipinski definition) is 0. The smallest absolute Gasteiger partial charge is 0.342 e. The standard InChI is InChI=1S/C15H17IO2/c1-13(8-4-3-7-11-16)12-18-15(17)14-9-5-2-6-10-14/h2,5-7,9-12H,3-4,8H2,1H3/b11-7-,13-12+. The van der Waals surface area contributed by atoms with Gasteiger partial charge in [0, 0.05) is 0 Å². The van der Waals surface area contributed by atoms with Crippen molar-refractivity contribution in [2.45, 2.75) is 26.2 Å². The van der Waals surface area contributed by atoms with E-state index in [0.29, 0.717) is 5.56 Å². The molecule has 0 atom stereocenters. The molecule has 0 spiro atoms. The number of halogens is 1. The molecule has 1 rings (SSSR count). The van der Waals surface area contributed by atoms with Crippen LogP contribution in [0, 0.1) is 0 Å². The van der Waals surface area contributed by atoms with E-state index in [4.69, 9.17) is 4.74 Å². The van der Waals surface area contributed by atoms with Crippen molar-refractivity contribution in [2.24, 2.45) is 0 Å². The Balaban J connectivity index is 2.36. The summed E-state index contributed by atoms with van der Waals surface area (Å²) in [5.41, 5.74) is 1.66. The predicted octanol–water partition coefficient (Wildman–Crippen LogP) is 4.87. The van der Waals surface area contributed by atoms with E-state index in [1.807, 2.05) is 29.2 Å². The fraction of sp³-hybridized carbons (Fsp3) is 0.267. The molecule has 0 bridgehead atoms. The van der Waals surface area contributed by atoms with Crippen molar-refractivity contribution < 1.29 is 9.53 Å². The molecule has 0 aliphatic heterocycles. The summed E-state index contributed by atoms with van der Waals surface area (Å²) in [6, 6.07) is 9.01. The van der Waals surface area contributed by atoms with Crippen molar-refractivity contribution in [3.8, 4) is 0 Å². The summed E-state index contributed by atoms with van der Waals surface area (Å²) in [7, 11) is 0. The van der Waals surface area contributed by atoms with Gasteiger partial charge < -0.3 is 4.74 Å². The molecule has 0 fully saturated rings. The van der Waals surface area contributed by atoms with E-state index in [1.165, 1.54) is 0 Å². The second-order valence-corrected chi connectivity index (χ2v) is 4.71. The Morgan fingerprint density at radius 3 is 2.72 bits per heavy atom. The SMILES string of the molecule is C/C(=C\OC(=O)c1ccccc1)CCC/C=C\I. The van der Waals surface area contributed by atoms with Crippen molar-refractivity contribution in [3.63, 3.8) is 0 Å². The summed E-state index contributed by atoms with van der Waals surface area (Å²) >= 11 is 2.21. The highest BCUT2D eigenvalue weighted by atomic mass is 127. The van der Waals surface area contributed by atoms with E-state index in [-0.39, 0.29) is 5.97 Å². The summed E-state index contributed by atoms with van der Waals surface area (Å²) in [6.07, 6.45) is 6.77. The van der Waals surface area contributed by atoms with Crippen LogP contribution in [0.15, 0.2) is 52.3 Å². The largest absolute Gasteiger partial charge is 0.431 e. The third-order valence-electron chi connectivity index (χ3n) is 2.41. The average molecular weight is 356 g/mol. The fourth-order valence-electron chi connectivity index (χ4n) is 1.42. The van der Waals surface area contributed by atoms with E-state index in [2.05, 4.69) is 28.7 Å². The van der Waals surface area contributed by atoms with Gasteiger partial charge in [-0.2, -0.15) is 0 Å². The van der Waals surface area contributed by atoms with Crippen molar-refractivity contribution in [1.29, 1.82) is 0 Å². The minimum atomic E-state index is -0.304. The molecule has 1 aromatic rings. The second-order valence-electron chi connectivity index (χ2n) is 3.99. The van der Waals surface area contributed by atoms with Crippen LogP contribution in [0.5, 0.6) is 0 Å². The molecule has 0 amide bonds. The fourth-order valence-corrected chi connectivity index (χ4v) is 1.78. The average Bonchev–Trinajstić information content (AvgIpc) is 2.42. The van der Waals surface area contributed by atoms with Crippen molar-refractivity contribution in [2.75, 3.05) is 0 Å². The molecule has 2 nitrogen and oxygen atoms in total. The number of benzene rings is 1. The Kier molecular flexibility index (Phi) is 7.41. The molecule has 0 aliphatic carbocycles. The zero-order chi connectivity index (χ0) is 13.2. The summed E-state index contributed by atoms with van der Waals surface area (Å²) in [5, 5.41) is 0. The van der Waals surface area contributed by atoms with Crippen LogP contribution in [0.1, 0.15) is 36.5 Å². The number of rotatable bonds is 6. The molecule has 18 heavy (non-hydrogen) atoms. The van der Waals surface area contributed by atoms with Gasteiger partial charge in [0.15, 0.2) is 0 Å². The lowest BCUT2D eigenvalue weighted by atomic mass is 10.1. The minimum absolute atomic E-state index is 0.304. The molecule has 96 valence electrons. The van der Waals surface area contributed by atoms with Crippen LogP contribution >= 0.6 is 22.6 Å². The highest BCUT2D eigenvalue weighted by Gasteiger charge is 2.03. The maximum absolute atomic E-state index is 11.6. The summed E-state index contributed by atoms with van der Waals surface area (Å²) in [5.74, 6) is -0.304. The summed E-state index contributed by atoms with van der Waals surface area (Å²) in [6.45, 7) is 1.98. The Hall–Kier alpha value is -1.10. The highest BCUT2D eigenvalue weighted by Crippen LogP contribution is 2.09. The van der Waals surface area contributed by atoms with Gasteiger partial charge in [0.25, 0.3) is 0 Å². The molecule has 0 heterocycles. The first-order valence-electron chi connectivity index (χ1n) is 5.91. The van der Waals surface area contributed by atoms with Gasteiger partial charge in [-0.25, -0.2) is 4.79 Å². The molecule has 0 aliphatic rings. The van der Waals surface area contributed by atoms with E-state index in [0.717, 1.165) is 24.8 Å². The number of allylic oxidation sites excluding steroid dienone is 2. The number of hydrogen-bond acceptors (Lipinski definition) is 2. The Morgan fingerprint density at radius 2 is 2.06 bits per heavy atom. The van der Waals surface area contributed by atoms with Crippen molar-refractivity contribution in [1.82, 2.24) is 0 Å². The Labute approximate surface area is 122 Å². The lowest BCUT2D eigenvalue weighted by Gasteiger charge is -2.02. The molecular weight excluding hydrogens is 339 g/mol. The lowest BCUT2D eigenvalue weighted by molar-refractivity contribution is 0.0660. The third-order valence-corrected chi connectivity index (χ3v) is 2.92. The van der Waals surface area contributed by atoms with Crippen LogP contribution in [0.4, 0.5) is 0 Å². The van der Waals surface area contributed by atoms with Gasteiger partial charge in [0.05, 0.1) is 11.8 Å². The van der Waals surface area contributed by atoms with Crippen LogP contribution in [0.3, 0.4) is 0 Å². The number of carbonyl (C=O) groups is 1. The van der Waals surface area contributed by atoms with Crippen LogP contribution in [0.2, 0.25) is 0 Å². The first-order chi connectivity index (χ1) is 8.74. The summed E-state index contributed by atoms with van der Waals surface area (Å²) in [4.78, 5) is 11.6. The van der Waals surface area contributed by atoms with Gasteiger partial charge >= 0.3 is 5.97 Å². The van der Waals surface area contributed by atoms with Gasteiger partial charge in [-0.3, -0.25) is 0 Å². The molecule has 0 saturated carbocycles. The van der Waals surface area contributed by atoms with E-state index < -0.39 is 0 Å². The molecule has 0 saturated heterocycles. The highest BCUT2D eigenvalue weighted by molar-refractivity contribution is 14.1. The van der Waals surface area contributed by atoms with Gasteiger partial charge in [0.2, 0.25) is 0 Å². The topological polar surface area (TPSA) is 26.3 Å². The quantitative estimate of drug-likeness (QED) is 0.315. The molecule has 0 radical (unpaired) electrons. The summed E-state index contributed by atoms with van der Waals surface area (Å²) < 4.78 is 7.15. The monoisotopic (exact) mass is 356 g/mol. The molecule has 1 aromatic carbocycles. The van der Waals surface area contributed by atoms with Crippen molar-refractivity contribution in [3.05, 3.63) is 57.9 Å². The van der Waals surface area contributed by atoms with Gasteiger partial charge in [-0.05, 0) is 48.0 Å². The van der Waals surface area contributed by atoms with Gasteiger partial charge in [0.1, 0.15) is 0 Å². The van der Waals surface area contributed by atoms with Gasteiger partial charge in [-0.15, -0.1) is 0 Å². The second kappa shape index (κ2) is 8.91. The van der Waals surface area contributed by atoms with E-state index >= 15 is 0 Å². The number of esters is 1. The zero-order valence-corrected chi connectivity index (χ0v) is 12.6. The number of unbranched alkanes of at least 4 members (excludes halogenated alkanes) is 1. The van der Waals surface area contributed by atoms with E-state index in [1.54, 1.807) is 18.4 Å². The number of carbonyl (C=O) groups excluding carboxylic acids is 1. The molecule has 0 aromatic heterocycles. The van der Waals surface area contributed by atoms with Crippen LogP contribution in [-0.2, 0) is 4.74 Å². The predicted molar refractivity (Wildman–Crippen MR) is 82.6 cm³/mol. The molecule has 3 heteroatoms. The lowest BCUT2D eigenvalue weighted by Crippen LogP contribution is -2.00. The normalized spacial score (nSPS) is 11.8. The van der Waals surface area contributed by atoms with Crippen LogP contribution in [-0.4, -0.2) is 5.97 Å². The Morgan fingerprint density at radius 1 is 1.33 bits per heavy atom. The number of ether oxygens (including phenoxy) is 1. The maximum Gasteiger partial charge on any atom is 0.342 e. The third kappa shape index (κ3) is 6.00. The Bertz CT molecular complexity index is 421. The molecule has 0 unspecified atom stereocenters. The van der Waals surface area contributed by atoms with Crippen LogP contribution in [0.25, 0.3) is 0 Å². The first kappa shape index (κ1) is 15.0. The molecular formula is C15H17IO2. The van der Waals surface area contributed by atoms with Gasteiger partial charge in [-0.1, -0.05) is 46.9 Å². The minimum Gasteiger partial charge on any atom is -0.431 e. The van der Waals surface area contributed by atoms with Crippen LogP contribution < -0.4 is 0 Å². The first-order valence-corrected chi connectivity index (χ1v) is 7.15. The van der Waals surface area contributed by atoms with E-state index in [9.17, 15) is 4.79 Å². The zero-order valence-electron chi connectivity index (χ0n) is 10.4.